The molecule has 1 aliphatic carbocycles. The normalized spacial score (nSPS) is 17.0. The van der Waals surface area contributed by atoms with Gasteiger partial charge in [0.25, 0.3) is 5.91 Å². The van der Waals surface area contributed by atoms with Gasteiger partial charge in [0.2, 0.25) is 0 Å². The molecular formula is C18H18Cl2N4O. The van der Waals surface area contributed by atoms with Gasteiger partial charge in [0.05, 0.1) is 21.4 Å². The van der Waals surface area contributed by atoms with Gasteiger partial charge in [-0.2, -0.15) is 0 Å². The first-order valence-corrected chi connectivity index (χ1v) is 9.15. The van der Waals surface area contributed by atoms with Crippen molar-refractivity contribution in [3.8, 4) is 0 Å². The van der Waals surface area contributed by atoms with Crippen molar-refractivity contribution >= 4 is 40.5 Å². The summed E-state index contributed by atoms with van der Waals surface area (Å²) >= 11 is 12.2. The summed E-state index contributed by atoms with van der Waals surface area (Å²) in [6.07, 6.45) is 7.81. The zero-order valence-corrected chi connectivity index (χ0v) is 15.1. The molecule has 0 unspecified atom stereocenters. The van der Waals surface area contributed by atoms with Crippen molar-refractivity contribution < 1.29 is 4.79 Å². The third kappa shape index (κ3) is 3.19. The molecule has 2 heterocycles. The number of halogens is 2. The highest BCUT2D eigenvalue weighted by atomic mass is 35.5. The molecule has 2 aliphatic rings. The number of amides is 1. The van der Waals surface area contributed by atoms with Crippen LogP contribution in [0.3, 0.4) is 0 Å². The Labute approximate surface area is 156 Å². The molecule has 0 atom stereocenters. The van der Waals surface area contributed by atoms with E-state index < -0.39 is 0 Å². The monoisotopic (exact) mass is 376 g/mol. The third-order valence-corrected chi connectivity index (χ3v) is 5.40. The number of hydrogen-bond donors (Lipinski definition) is 2. The van der Waals surface area contributed by atoms with Crippen LogP contribution in [0.2, 0.25) is 10.0 Å². The van der Waals surface area contributed by atoms with Gasteiger partial charge >= 0.3 is 0 Å². The van der Waals surface area contributed by atoms with Crippen LogP contribution in [0.4, 0.5) is 11.4 Å². The van der Waals surface area contributed by atoms with Crippen molar-refractivity contribution in [1.82, 2.24) is 10.4 Å². The molecule has 1 fully saturated rings. The number of rotatable bonds is 3. The zero-order valence-electron chi connectivity index (χ0n) is 13.6. The molecule has 1 aromatic carbocycles. The molecule has 1 aliphatic heterocycles. The minimum Gasteiger partial charge on any atom is -0.319 e. The van der Waals surface area contributed by atoms with E-state index in [1.54, 1.807) is 0 Å². The maximum absolute atomic E-state index is 12.7. The highest BCUT2D eigenvalue weighted by molar-refractivity contribution is 6.39. The van der Waals surface area contributed by atoms with Crippen molar-refractivity contribution in [2.45, 2.75) is 38.3 Å². The van der Waals surface area contributed by atoms with Gasteiger partial charge in [0, 0.05) is 30.5 Å². The Hall–Kier alpha value is -1.82. The average Bonchev–Trinajstić information content (AvgIpc) is 3.26. The van der Waals surface area contributed by atoms with E-state index in [-0.39, 0.29) is 5.91 Å². The Morgan fingerprint density at radius 2 is 1.92 bits per heavy atom. The summed E-state index contributed by atoms with van der Waals surface area (Å²) in [6, 6.07) is 6.27. The predicted molar refractivity (Wildman–Crippen MR) is 100 cm³/mol. The summed E-state index contributed by atoms with van der Waals surface area (Å²) in [5.74, 6) is -0.240. The highest BCUT2D eigenvalue weighted by Crippen LogP contribution is 2.34. The average molecular weight is 377 g/mol. The number of nitrogens with one attached hydrogen (secondary N) is 2. The van der Waals surface area contributed by atoms with Crippen LogP contribution in [-0.4, -0.2) is 16.9 Å². The second-order valence-corrected chi connectivity index (χ2v) is 7.23. The maximum atomic E-state index is 12.7. The molecule has 130 valence electrons. The molecule has 0 bridgehead atoms. The lowest BCUT2D eigenvalue weighted by atomic mass is 10.1. The van der Waals surface area contributed by atoms with Gasteiger partial charge in [-0.25, -0.2) is 5.43 Å². The van der Waals surface area contributed by atoms with Gasteiger partial charge in [-0.3, -0.25) is 9.78 Å². The first-order valence-electron chi connectivity index (χ1n) is 8.39. The second-order valence-electron chi connectivity index (χ2n) is 6.42. The minimum atomic E-state index is -0.240. The Morgan fingerprint density at radius 1 is 1.20 bits per heavy atom. The smallest absolute Gasteiger partial charge is 0.255 e. The summed E-state index contributed by atoms with van der Waals surface area (Å²) in [7, 11) is 0. The number of pyridine rings is 1. The van der Waals surface area contributed by atoms with Crippen LogP contribution < -0.4 is 15.8 Å². The minimum absolute atomic E-state index is 0.240. The number of nitrogens with zero attached hydrogens (tertiary/aromatic N) is 2. The topological polar surface area (TPSA) is 57.3 Å². The second kappa shape index (κ2) is 6.83. The molecular weight excluding hydrogens is 359 g/mol. The molecule has 0 spiro atoms. The van der Waals surface area contributed by atoms with Crippen LogP contribution in [-0.2, 0) is 6.54 Å². The van der Waals surface area contributed by atoms with E-state index in [0.717, 1.165) is 12.2 Å². The summed E-state index contributed by atoms with van der Waals surface area (Å²) in [4.78, 5) is 16.6. The summed E-state index contributed by atoms with van der Waals surface area (Å²) in [5, 5.41) is 5.65. The van der Waals surface area contributed by atoms with E-state index in [1.165, 1.54) is 43.6 Å². The van der Waals surface area contributed by atoms with Crippen molar-refractivity contribution in [3.05, 3.63) is 51.8 Å². The lowest BCUT2D eigenvalue weighted by Gasteiger charge is -2.26. The molecule has 0 saturated heterocycles. The number of carbonyl (C=O) groups is 1. The van der Waals surface area contributed by atoms with E-state index in [1.807, 2.05) is 18.2 Å². The summed E-state index contributed by atoms with van der Waals surface area (Å²) in [6.45, 7) is 0.801. The first kappa shape index (κ1) is 16.6. The largest absolute Gasteiger partial charge is 0.319 e. The van der Waals surface area contributed by atoms with Crippen LogP contribution >= 0.6 is 23.2 Å². The van der Waals surface area contributed by atoms with Crippen molar-refractivity contribution in [2.75, 3.05) is 10.3 Å². The van der Waals surface area contributed by atoms with Crippen molar-refractivity contribution in [3.63, 3.8) is 0 Å². The molecule has 0 radical (unpaired) electrons. The van der Waals surface area contributed by atoms with E-state index in [4.69, 9.17) is 23.2 Å². The molecule has 4 rings (SSSR count). The summed E-state index contributed by atoms with van der Waals surface area (Å²) in [5.41, 5.74) is 6.71. The number of hydrogen-bond acceptors (Lipinski definition) is 4. The number of anilines is 2. The molecule has 1 saturated carbocycles. The van der Waals surface area contributed by atoms with Crippen LogP contribution in [0.15, 0.2) is 30.6 Å². The van der Waals surface area contributed by atoms with Crippen molar-refractivity contribution in [2.24, 2.45) is 0 Å². The fraction of sp³-hybridized carbons (Fsp3) is 0.333. The van der Waals surface area contributed by atoms with Gasteiger partial charge in [-0.1, -0.05) is 42.1 Å². The standard InChI is InChI=1S/C18H18Cl2N4O/c19-14-9-21-10-15(20)17(14)23-18(25)11-5-6-12-8-22-24(16(12)7-11)13-3-1-2-4-13/h5-7,9-10,13,22H,1-4,8H2,(H,21,23,25). The number of benzene rings is 1. The van der Waals surface area contributed by atoms with Crippen LogP contribution in [0.1, 0.15) is 41.6 Å². The van der Waals surface area contributed by atoms with Gasteiger partial charge in [-0.05, 0) is 30.5 Å². The van der Waals surface area contributed by atoms with E-state index in [2.05, 4.69) is 20.7 Å². The fourth-order valence-corrected chi connectivity index (χ4v) is 4.00. The van der Waals surface area contributed by atoms with E-state index >= 15 is 0 Å². The van der Waals surface area contributed by atoms with Crippen LogP contribution in [0.25, 0.3) is 0 Å². The third-order valence-electron chi connectivity index (χ3n) is 4.83. The Kier molecular flexibility index (Phi) is 4.54. The van der Waals surface area contributed by atoms with Crippen molar-refractivity contribution in [1.29, 1.82) is 0 Å². The molecule has 7 heteroatoms. The molecule has 1 aromatic heterocycles. The lowest BCUT2D eigenvalue weighted by Crippen LogP contribution is -2.40. The van der Waals surface area contributed by atoms with Gasteiger partial charge < -0.3 is 10.3 Å². The molecule has 25 heavy (non-hydrogen) atoms. The quantitative estimate of drug-likeness (QED) is 0.832. The molecule has 1 amide bonds. The number of hydrazine groups is 1. The number of fused-ring (bicyclic) bond motifs is 1. The SMILES string of the molecule is O=C(Nc1c(Cl)cncc1Cl)c1ccc2c(c1)N(C1CCCC1)NC2. The van der Waals surface area contributed by atoms with Gasteiger partial charge in [0.15, 0.2) is 0 Å². The summed E-state index contributed by atoms with van der Waals surface area (Å²) < 4.78 is 0. The number of carbonyl (C=O) groups excluding carboxylic acids is 1. The zero-order chi connectivity index (χ0) is 17.4. The maximum Gasteiger partial charge on any atom is 0.255 e. The van der Waals surface area contributed by atoms with E-state index in [9.17, 15) is 4.79 Å². The fourth-order valence-electron chi connectivity index (χ4n) is 3.54. The van der Waals surface area contributed by atoms with Gasteiger partial charge in [0.1, 0.15) is 0 Å². The Balaban J connectivity index is 1.59. The van der Waals surface area contributed by atoms with Crippen LogP contribution in [0, 0.1) is 0 Å². The molecule has 2 aromatic rings. The van der Waals surface area contributed by atoms with E-state index in [0.29, 0.717) is 27.3 Å². The number of aromatic nitrogens is 1. The Morgan fingerprint density at radius 3 is 2.64 bits per heavy atom. The Bertz CT molecular complexity index is 800. The lowest BCUT2D eigenvalue weighted by molar-refractivity contribution is 0.102. The molecule has 2 N–H and O–H groups in total. The highest BCUT2D eigenvalue weighted by Gasteiger charge is 2.29. The van der Waals surface area contributed by atoms with Crippen LogP contribution in [0.5, 0.6) is 0 Å². The molecule has 5 nitrogen and oxygen atoms in total. The van der Waals surface area contributed by atoms with Gasteiger partial charge in [-0.15, -0.1) is 0 Å². The predicted octanol–water partition coefficient (Wildman–Crippen LogP) is 4.41. The first-order chi connectivity index (χ1) is 12.1.